The van der Waals surface area contributed by atoms with E-state index in [2.05, 4.69) is 217 Å². The van der Waals surface area contributed by atoms with E-state index in [0.29, 0.717) is 0 Å². The van der Waals surface area contributed by atoms with Crippen molar-refractivity contribution in [3.05, 3.63) is 212 Å². The van der Waals surface area contributed by atoms with E-state index in [-0.39, 0.29) is 0 Å². The van der Waals surface area contributed by atoms with Crippen molar-refractivity contribution >= 4 is 71.3 Å². The van der Waals surface area contributed by atoms with Gasteiger partial charge >= 0.3 is 0 Å². The number of hydrogen-bond donors (Lipinski definition) is 0. The first-order valence-electron chi connectivity index (χ1n) is 19.2. The molecule has 0 saturated heterocycles. The zero-order valence-corrected chi connectivity index (χ0v) is 30.6. The van der Waals surface area contributed by atoms with Gasteiger partial charge in [-0.2, -0.15) is 0 Å². The predicted molar refractivity (Wildman–Crippen MR) is 237 cm³/mol. The highest BCUT2D eigenvalue weighted by molar-refractivity contribution is 6.14. The fourth-order valence-corrected chi connectivity index (χ4v) is 8.56. The normalized spacial score (nSPS) is 11.6. The summed E-state index contributed by atoms with van der Waals surface area (Å²) in [6.07, 6.45) is 0. The second kappa shape index (κ2) is 13.2. The van der Waals surface area contributed by atoms with Crippen molar-refractivity contribution in [1.82, 2.24) is 0 Å². The largest absolute Gasteiger partial charge is 0.455 e. The van der Waals surface area contributed by atoms with E-state index in [4.69, 9.17) is 4.42 Å². The lowest BCUT2D eigenvalue weighted by Gasteiger charge is -2.29. The lowest BCUT2D eigenvalue weighted by Crippen LogP contribution is -2.11. The van der Waals surface area contributed by atoms with Gasteiger partial charge in [0.05, 0.1) is 5.69 Å². The molecule has 1 aromatic heterocycles. The van der Waals surface area contributed by atoms with Crippen molar-refractivity contribution in [1.29, 1.82) is 0 Å². The molecule has 0 atom stereocenters. The van der Waals surface area contributed by atoms with Crippen LogP contribution in [0.5, 0.6) is 0 Å². The summed E-state index contributed by atoms with van der Waals surface area (Å²) in [6.45, 7) is 0. The van der Waals surface area contributed by atoms with Crippen LogP contribution >= 0.6 is 0 Å². The van der Waals surface area contributed by atoms with Gasteiger partial charge in [0.25, 0.3) is 0 Å². The minimum atomic E-state index is 0.889. The van der Waals surface area contributed by atoms with Gasteiger partial charge in [0.2, 0.25) is 0 Å². The molecule has 0 spiro atoms. The number of nitrogens with zero attached hydrogens (tertiary/aromatic N) is 1. The Morgan fingerprint density at radius 1 is 0.304 bits per heavy atom. The Labute approximate surface area is 325 Å². The molecule has 11 aromatic rings. The molecule has 0 saturated carbocycles. The van der Waals surface area contributed by atoms with Crippen molar-refractivity contribution in [3.8, 4) is 33.4 Å². The first-order valence-corrected chi connectivity index (χ1v) is 19.2. The highest BCUT2D eigenvalue weighted by Gasteiger charge is 2.22. The highest BCUT2D eigenvalue weighted by Crippen LogP contribution is 2.47. The Balaban J connectivity index is 1.17. The third kappa shape index (κ3) is 5.34. The van der Waals surface area contributed by atoms with Crippen molar-refractivity contribution in [3.63, 3.8) is 0 Å². The summed E-state index contributed by atoms with van der Waals surface area (Å²) in [6, 6.07) is 76.5. The fourth-order valence-electron chi connectivity index (χ4n) is 8.56. The maximum Gasteiger partial charge on any atom is 0.143 e. The maximum absolute atomic E-state index is 6.81. The average Bonchev–Trinajstić information content (AvgIpc) is 3.64. The molecule has 0 aliphatic carbocycles. The molecule has 262 valence electrons. The summed E-state index contributed by atoms with van der Waals surface area (Å²) >= 11 is 0. The summed E-state index contributed by atoms with van der Waals surface area (Å²) in [4.78, 5) is 2.42. The van der Waals surface area contributed by atoms with E-state index in [1.165, 1.54) is 54.6 Å². The van der Waals surface area contributed by atoms with E-state index in [1.54, 1.807) is 0 Å². The first kappa shape index (κ1) is 32.0. The van der Waals surface area contributed by atoms with Gasteiger partial charge < -0.3 is 9.32 Å². The highest BCUT2D eigenvalue weighted by atomic mass is 16.3. The smallest absolute Gasteiger partial charge is 0.143 e. The number of benzene rings is 10. The van der Waals surface area contributed by atoms with Crippen LogP contribution in [0, 0.1) is 0 Å². The number of hydrogen-bond acceptors (Lipinski definition) is 2. The molecule has 1 heterocycles. The van der Waals surface area contributed by atoms with Gasteiger partial charge in [-0.1, -0.05) is 170 Å². The number of rotatable bonds is 6. The monoisotopic (exact) mass is 713 g/mol. The van der Waals surface area contributed by atoms with Crippen LogP contribution in [0.25, 0.3) is 87.6 Å². The second-order valence-corrected chi connectivity index (χ2v) is 14.5. The molecule has 0 amide bonds. The molecule has 56 heavy (non-hydrogen) atoms. The Morgan fingerprint density at radius 2 is 0.893 bits per heavy atom. The van der Waals surface area contributed by atoms with Crippen LogP contribution < -0.4 is 4.90 Å². The summed E-state index contributed by atoms with van der Waals surface area (Å²) in [7, 11) is 0. The van der Waals surface area contributed by atoms with Crippen LogP contribution in [-0.4, -0.2) is 0 Å². The van der Waals surface area contributed by atoms with E-state index in [1.807, 2.05) is 0 Å². The lowest BCUT2D eigenvalue weighted by atomic mass is 9.93. The molecular formula is C54H35NO. The van der Waals surface area contributed by atoms with Gasteiger partial charge in [0.15, 0.2) is 0 Å². The molecule has 0 radical (unpaired) electrons. The Kier molecular flexibility index (Phi) is 7.53. The van der Waals surface area contributed by atoms with Gasteiger partial charge in [-0.3, -0.25) is 0 Å². The fraction of sp³-hybridized carbons (Fsp3) is 0. The molecule has 2 heteroatoms. The first-order chi connectivity index (χ1) is 27.8. The van der Waals surface area contributed by atoms with Crippen molar-refractivity contribution in [2.24, 2.45) is 0 Å². The minimum Gasteiger partial charge on any atom is -0.455 e. The van der Waals surface area contributed by atoms with Gasteiger partial charge in [-0.25, -0.2) is 0 Å². The molecule has 0 bridgehead atoms. The third-order valence-corrected chi connectivity index (χ3v) is 11.2. The van der Waals surface area contributed by atoms with Crippen molar-refractivity contribution < 1.29 is 4.42 Å². The number of fused-ring (bicyclic) bond motifs is 7. The van der Waals surface area contributed by atoms with E-state index in [9.17, 15) is 0 Å². The minimum absolute atomic E-state index is 0.889. The molecule has 2 nitrogen and oxygen atoms in total. The molecule has 0 fully saturated rings. The lowest BCUT2D eigenvalue weighted by molar-refractivity contribution is 0.670. The molecule has 0 aliphatic heterocycles. The van der Waals surface area contributed by atoms with Crippen LogP contribution in [-0.2, 0) is 0 Å². The van der Waals surface area contributed by atoms with Crippen LogP contribution in [0.4, 0.5) is 17.1 Å². The van der Waals surface area contributed by atoms with E-state index in [0.717, 1.165) is 50.1 Å². The second-order valence-electron chi connectivity index (χ2n) is 14.5. The van der Waals surface area contributed by atoms with Crippen LogP contribution in [0.3, 0.4) is 0 Å². The SMILES string of the molecule is c1ccc(-c2ccc(N(c3ccc4c(ccc5ccccc54)c3)c3ccccc3-c3cccc4c3oc3cc5ccccc5cc34)cc2-c2ccccc2)cc1. The Morgan fingerprint density at radius 3 is 1.71 bits per heavy atom. The average molecular weight is 714 g/mol. The Hall–Kier alpha value is -7.42. The summed E-state index contributed by atoms with van der Waals surface area (Å²) in [5, 5.41) is 9.54. The van der Waals surface area contributed by atoms with Crippen LogP contribution in [0.15, 0.2) is 217 Å². The molecular weight excluding hydrogens is 679 g/mol. The molecule has 0 aliphatic rings. The maximum atomic E-state index is 6.81. The molecule has 0 unspecified atom stereocenters. The molecule has 11 rings (SSSR count). The van der Waals surface area contributed by atoms with Crippen molar-refractivity contribution in [2.75, 3.05) is 4.90 Å². The standard InChI is InChI=1S/C54H35NO/c1-3-14-36(15-4-1)45-30-29-43(35-50(45)37-16-5-2-6-17-37)55(42-28-31-46-41(32-42)27-26-38-18-9-10-21-44(38)46)52-25-12-11-22-47(52)48-23-13-24-49-51-33-39-19-7-8-20-40(39)34-53(51)56-54(48)49/h1-35H. The van der Waals surface area contributed by atoms with E-state index >= 15 is 0 Å². The van der Waals surface area contributed by atoms with Crippen molar-refractivity contribution in [2.45, 2.75) is 0 Å². The van der Waals surface area contributed by atoms with Gasteiger partial charge in [-0.15, -0.1) is 0 Å². The third-order valence-electron chi connectivity index (χ3n) is 11.2. The van der Waals surface area contributed by atoms with Crippen LogP contribution in [0.1, 0.15) is 0 Å². The number of anilines is 3. The number of furan rings is 1. The topological polar surface area (TPSA) is 16.4 Å². The van der Waals surface area contributed by atoms with Gasteiger partial charge in [-0.05, 0) is 97.0 Å². The Bertz CT molecular complexity index is 3250. The summed E-state index contributed by atoms with van der Waals surface area (Å²) in [5.74, 6) is 0. The van der Waals surface area contributed by atoms with Gasteiger partial charge in [0.1, 0.15) is 11.2 Å². The summed E-state index contributed by atoms with van der Waals surface area (Å²) in [5.41, 5.74) is 11.9. The van der Waals surface area contributed by atoms with E-state index < -0.39 is 0 Å². The van der Waals surface area contributed by atoms with Gasteiger partial charge in [0, 0.05) is 33.3 Å². The summed E-state index contributed by atoms with van der Waals surface area (Å²) < 4.78 is 6.81. The quantitative estimate of drug-likeness (QED) is 0.160. The molecule has 0 N–H and O–H groups in total. The number of para-hydroxylation sites is 2. The zero-order valence-electron chi connectivity index (χ0n) is 30.6. The molecule has 10 aromatic carbocycles. The van der Waals surface area contributed by atoms with Crippen LogP contribution in [0.2, 0.25) is 0 Å². The predicted octanol–water partition coefficient (Wildman–Crippen LogP) is 15.5. The zero-order chi connectivity index (χ0) is 37.0.